The maximum atomic E-state index is 14.7. The van der Waals surface area contributed by atoms with Gasteiger partial charge >= 0.3 is 18.0 Å². The normalized spacial score (nSPS) is 30.4. The lowest BCUT2D eigenvalue weighted by Crippen LogP contribution is -2.54. The monoisotopic (exact) mass is 962 g/mol. The van der Waals surface area contributed by atoms with Crippen molar-refractivity contribution in [3.05, 3.63) is 95.6 Å². The maximum absolute atomic E-state index is 14.7. The molecule has 1 heterocycles. The van der Waals surface area contributed by atoms with Gasteiger partial charge in [0.2, 0.25) is 0 Å². The van der Waals surface area contributed by atoms with E-state index in [2.05, 4.69) is 41.5 Å². The molecule has 5 aliphatic rings. The van der Waals surface area contributed by atoms with Gasteiger partial charge in [-0.15, -0.1) is 0 Å². The number of hydrogen-bond acceptors (Lipinski definition) is 8. The number of fused-ring (bicyclic) bond motifs is 5. The van der Waals surface area contributed by atoms with Crippen molar-refractivity contribution >= 4 is 18.0 Å². The first kappa shape index (κ1) is 51.8. The quantitative estimate of drug-likeness (QED) is 0.0924. The topological polar surface area (TPSA) is 121 Å². The molecule has 10 heteroatoms. The minimum Gasteiger partial charge on any atom is -0.497 e. The molecule has 0 radical (unpaired) electrons. The number of carbonyl (C=O) groups is 3. The molecule has 5 fully saturated rings. The van der Waals surface area contributed by atoms with Crippen molar-refractivity contribution in [2.45, 2.75) is 162 Å². The molecule has 2 unspecified atom stereocenters. The lowest BCUT2D eigenvalue weighted by molar-refractivity contribution is -0.151. The molecule has 70 heavy (non-hydrogen) atoms. The lowest BCUT2D eigenvalue weighted by atomic mass is 9.44. The molecule has 12 atom stereocenters. The van der Waals surface area contributed by atoms with E-state index in [4.69, 9.17) is 23.7 Å². The predicted octanol–water partition coefficient (Wildman–Crippen LogP) is 13.1. The number of methoxy groups -OCH3 is 2. The number of esters is 1. The van der Waals surface area contributed by atoms with Crippen LogP contribution in [-0.2, 0) is 29.4 Å². The van der Waals surface area contributed by atoms with E-state index in [1.165, 1.54) is 57.8 Å². The SMILES string of the molecule is CCC(CC[C@@H](C)[C@H]1CC[C@H]2[C@@H]3CCC4C[C@@H](OC(=O)N5C[C@H](OC(=O)CCC(=O)O)C[C@H]5COC(c5ccccc5)(c5ccc(OC)cc5)c5ccc(OC)cc5)CC[C@]4(C)[C@H]3CC[C@]12C)C(C)C. The fraction of sp³-hybridized carbons (Fsp3) is 0.650. The Bertz CT molecular complexity index is 2160. The summed E-state index contributed by atoms with van der Waals surface area (Å²) in [6.45, 7) is 15.2. The average Bonchev–Trinajstić information content (AvgIpc) is 3.94. The summed E-state index contributed by atoms with van der Waals surface area (Å²) >= 11 is 0. The Labute approximate surface area is 418 Å². The number of carbonyl (C=O) groups excluding carboxylic acids is 2. The van der Waals surface area contributed by atoms with Crippen molar-refractivity contribution in [2.75, 3.05) is 27.4 Å². The molecule has 3 aromatic rings. The number of carboxylic acids is 1. The molecule has 1 saturated heterocycles. The molecular weight excluding hydrogens is 879 g/mol. The largest absolute Gasteiger partial charge is 0.497 e. The molecule has 0 aromatic heterocycles. The van der Waals surface area contributed by atoms with Crippen molar-refractivity contribution in [2.24, 2.45) is 58.2 Å². The Balaban J connectivity index is 0.986. The van der Waals surface area contributed by atoms with E-state index in [-0.39, 0.29) is 37.5 Å². The van der Waals surface area contributed by atoms with Gasteiger partial charge in [-0.25, -0.2) is 4.79 Å². The van der Waals surface area contributed by atoms with Crippen molar-refractivity contribution in [1.82, 2.24) is 4.90 Å². The highest BCUT2D eigenvalue weighted by atomic mass is 16.6. The van der Waals surface area contributed by atoms with Crippen LogP contribution in [0.3, 0.4) is 0 Å². The number of nitrogens with zero attached hydrogens (tertiary/aromatic N) is 1. The van der Waals surface area contributed by atoms with Gasteiger partial charge in [0, 0.05) is 6.42 Å². The van der Waals surface area contributed by atoms with E-state index >= 15 is 0 Å². The van der Waals surface area contributed by atoms with Crippen molar-refractivity contribution in [3.8, 4) is 11.5 Å². The Kier molecular flexibility index (Phi) is 16.3. The van der Waals surface area contributed by atoms with Crippen LogP contribution in [0.4, 0.5) is 4.79 Å². The predicted molar refractivity (Wildman–Crippen MR) is 273 cm³/mol. The third-order valence-electron chi connectivity index (χ3n) is 19.2. The van der Waals surface area contributed by atoms with Gasteiger partial charge in [-0.3, -0.25) is 14.5 Å². The number of rotatable bonds is 19. The summed E-state index contributed by atoms with van der Waals surface area (Å²) in [6, 6.07) is 25.2. The number of benzene rings is 3. The second-order valence-corrected chi connectivity index (χ2v) is 23.0. The number of aliphatic carboxylic acids is 1. The minimum absolute atomic E-state index is 0.0938. The van der Waals surface area contributed by atoms with Crippen molar-refractivity contribution < 1.29 is 43.2 Å². The molecule has 382 valence electrons. The molecule has 4 saturated carbocycles. The van der Waals surface area contributed by atoms with Crippen LogP contribution in [0.5, 0.6) is 11.5 Å². The van der Waals surface area contributed by atoms with Crippen LogP contribution in [0, 0.1) is 58.2 Å². The van der Waals surface area contributed by atoms with Crippen molar-refractivity contribution in [1.29, 1.82) is 0 Å². The molecule has 1 N–H and O–H groups in total. The molecule has 1 amide bonds. The summed E-state index contributed by atoms with van der Waals surface area (Å²) in [5.74, 6) is 5.78. The van der Waals surface area contributed by atoms with E-state index in [0.717, 1.165) is 77.4 Å². The van der Waals surface area contributed by atoms with Gasteiger partial charge in [0.15, 0.2) is 0 Å². The molecule has 10 nitrogen and oxygen atoms in total. The zero-order chi connectivity index (χ0) is 49.8. The third-order valence-corrected chi connectivity index (χ3v) is 19.2. The maximum Gasteiger partial charge on any atom is 0.410 e. The highest BCUT2D eigenvalue weighted by Crippen LogP contribution is 2.68. The van der Waals surface area contributed by atoms with Gasteiger partial charge in [0.25, 0.3) is 0 Å². The highest BCUT2D eigenvalue weighted by molar-refractivity contribution is 5.76. The van der Waals surface area contributed by atoms with Crippen molar-refractivity contribution in [3.63, 3.8) is 0 Å². The van der Waals surface area contributed by atoms with Gasteiger partial charge in [-0.05, 0) is 163 Å². The summed E-state index contributed by atoms with van der Waals surface area (Å²) < 4.78 is 30.9. The highest BCUT2D eigenvalue weighted by Gasteiger charge is 2.61. The van der Waals surface area contributed by atoms with Gasteiger partial charge in [-0.2, -0.15) is 0 Å². The summed E-state index contributed by atoms with van der Waals surface area (Å²) in [5, 5.41) is 9.28. The summed E-state index contributed by atoms with van der Waals surface area (Å²) in [5.41, 5.74) is 2.17. The van der Waals surface area contributed by atoms with Gasteiger partial charge in [0.1, 0.15) is 29.3 Å². The van der Waals surface area contributed by atoms with Crippen LogP contribution in [0.25, 0.3) is 0 Å². The number of carboxylic acid groups (broad SMARTS) is 1. The molecule has 4 aliphatic carbocycles. The second kappa shape index (κ2) is 22.0. The minimum atomic E-state index is -1.13. The van der Waals surface area contributed by atoms with Crippen LogP contribution in [-0.4, -0.2) is 73.7 Å². The number of hydrogen-bond donors (Lipinski definition) is 1. The van der Waals surface area contributed by atoms with Crippen LogP contribution in [0.2, 0.25) is 0 Å². The smallest absolute Gasteiger partial charge is 0.410 e. The van der Waals surface area contributed by atoms with Crippen LogP contribution in [0.1, 0.15) is 155 Å². The fourth-order valence-electron chi connectivity index (χ4n) is 15.3. The van der Waals surface area contributed by atoms with E-state index < -0.39 is 35.8 Å². The average molecular weight is 962 g/mol. The van der Waals surface area contributed by atoms with E-state index in [1.54, 1.807) is 19.1 Å². The zero-order valence-electron chi connectivity index (χ0n) is 43.5. The summed E-state index contributed by atoms with van der Waals surface area (Å²) in [6.07, 6.45) is 13.2. The van der Waals surface area contributed by atoms with Gasteiger partial charge < -0.3 is 28.8 Å². The fourth-order valence-corrected chi connectivity index (χ4v) is 15.3. The number of likely N-dealkylation sites (tertiary alicyclic amines) is 1. The van der Waals surface area contributed by atoms with Gasteiger partial charge in [0.05, 0.1) is 46.3 Å². The van der Waals surface area contributed by atoms with Crippen LogP contribution >= 0.6 is 0 Å². The first-order chi connectivity index (χ1) is 33.6. The summed E-state index contributed by atoms with van der Waals surface area (Å²) in [4.78, 5) is 40.7. The van der Waals surface area contributed by atoms with E-state index in [9.17, 15) is 19.5 Å². The summed E-state index contributed by atoms with van der Waals surface area (Å²) in [7, 11) is 3.28. The van der Waals surface area contributed by atoms with Crippen LogP contribution < -0.4 is 9.47 Å². The Hall–Kier alpha value is -4.57. The lowest BCUT2D eigenvalue weighted by Gasteiger charge is -2.61. The van der Waals surface area contributed by atoms with E-state index in [1.807, 2.05) is 78.9 Å². The van der Waals surface area contributed by atoms with Crippen LogP contribution in [0.15, 0.2) is 78.9 Å². The molecule has 0 spiro atoms. The van der Waals surface area contributed by atoms with E-state index in [0.29, 0.717) is 29.3 Å². The molecule has 1 aliphatic heterocycles. The van der Waals surface area contributed by atoms with Gasteiger partial charge in [-0.1, -0.05) is 109 Å². The molecular formula is C60H83NO9. The standard InChI is InChI=1S/C60H83NO9/c1-9-41(39(2)3)16-15-40(4)52-27-28-53-51-26-21-45-35-49(31-33-58(45,5)54(51)32-34-59(52,53)6)70-57(65)61-37-50(69-56(64)30-29-55(62)63)36-46(61)38-68-60(42-13-11-10-12-14-42,43-17-22-47(66-7)23-18-43)44-19-24-48(67-8)25-20-44/h10-14,17-20,22-25,39-41,45-46,49-54H,9,15-16,21,26-38H2,1-8H3,(H,62,63)/t40-,41?,45?,46+,49+,50-,51+,52-,53+,54+,58+,59-/m1/s1. The first-order valence-corrected chi connectivity index (χ1v) is 27.0. The number of amides is 1. The molecule has 8 rings (SSSR count). The molecule has 3 aromatic carbocycles. The number of ether oxygens (including phenoxy) is 5. The first-order valence-electron chi connectivity index (χ1n) is 27.0. The second-order valence-electron chi connectivity index (χ2n) is 23.0. The Morgan fingerprint density at radius 1 is 0.714 bits per heavy atom. The third kappa shape index (κ3) is 10.5. The zero-order valence-corrected chi connectivity index (χ0v) is 43.5. The molecule has 0 bridgehead atoms. The Morgan fingerprint density at radius 2 is 1.34 bits per heavy atom. The Morgan fingerprint density at radius 3 is 1.96 bits per heavy atom.